The van der Waals surface area contributed by atoms with E-state index in [9.17, 15) is 0 Å². The molecule has 0 bridgehead atoms. The Morgan fingerprint density at radius 2 is 1.92 bits per heavy atom. The van der Waals surface area contributed by atoms with E-state index in [-0.39, 0.29) is 0 Å². The first-order valence-electron chi connectivity index (χ1n) is 4.01. The Hall–Kier alpha value is -1.84. The Kier molecular flexibility index (Phi) is 7.09. The second-order valence-corrected chi connectivity index (χ2v) is 2.48. The lowest BCUT2D eigenvalue weighted by molar-refractivity contribution is 1.01. The van der Waals surface area contributed by atoms with Crippen LogP contribution in [-0.2, 0) is 0 Å². The molecule has 0 aromatic carbocycles. The van der Waals surface area contributed by atoms with Crippen molar-refractivity contribution in [1.29, 1.82) is 0 Å². The second kappa shape index (κ2) is 8.26. The molecule has 0 unspecified atom stereocenters. The lowest BCUT2D eigenvalue weighted by Gasteiger charge is -1.87. The van der Waals surface area contributed by atoms with Gasteiger partial charge in [-0.25, -0.2) is 0 Å². The normalized spacial score (nSPS) is 6.23. The topological polar surface area (TPSA) is 0 Å². The summed E-state index contributed by atoms with van der Waals surface area (Å²) in [6.07, 6.45) is 3.26. The van der Waals surface area contributed by atoms with Crippen molar-refractivity contribution >= 4 is 0 Å². The monoisotopic (exact) mass is 168 g/mol. The fourth-order valence-corrected chi connectivity index (χ4v) is 0.532. The molecule has 0 aromatic rings. The quantitative estimate of drug-likeness (QED) is 0.439. The highest BCUT2D eigenvalue weighted by atomic mass is 13.8. The highest BCUT2D eigenvalue weighted by Gasteiger charge is 1.80. The van der Waals surface area contributed by atoms with Crippen molar-refractivity contribution in [2.45, 2.75) is 19.8 Å². The fraction of sp³-hybridized carbons (Fsp3) is 0.231. The van der Waals surface area contributed by atoms with Crippen LogP contribution in [-0.4, -0.2) is 0 Å². The minimum absolute atomic E-state index is 0.818. The molecule has 0 spiro atoms. The van der Waals surface area contributed by atoms with E-state index in [0.29, 0.717) is 0 Å². The molecule has 0 atom stereocenters. The molecule has 13 heavy (non-hydrogen) atoms. The minimum Gasteiger partial charge on any atom is -0.100 e. The lowest BCUT2D eigenvalue weighted by atomic mass is 10.2. The molecule has 0 saturated carbocycles. The number of allylic oxidation sites excluding steroid dienone is 2. The SMILES string of the molecule is C=CC#CC#CC#CCCC(=C)C. The van der Waals surface area contributed by atoms with E-state index in [1.807, 2.05) is 6.92 Å². The van der Waals surface area contributed by atoms with Crippen LogP contribution < -0.4 is 0 Å². The van der Waals surface area contributed by atoms with Crippen LogP contribution in [0.15, 0.2) is 24.8 Å². The third-order valence-electron chi connectivity index (χ3n) is 1.13. The van der Waals surface area contributed by atoms with Gasteiger partial charge in [0.25, 0.3) is 0 Å². The van der Waals surface area contributed by atoms with Gasteiger partial charge in [0, 0.05) is 6.42 Å². The average Bonchev–Trinajstić information content (AvgIpc) is 2.09. The summed E-state index contributed by atoms with van der Waals surface area (Å²) in [4.78, 5) is 0. The van der Waals surface area contributed by atoms with E-state index in [1.54, 1.807) is 0 Å². The highest BCUT2D eigenvalue weighted by molar-refractivity contribution is 5.37. The van der Waals surface area contributed by atoms with Crippen molar-refractivity contribution in [1.82, 2.24) is 0 Å². The Morgan fingerprint density at radius 3 is 2.54 bits per heavy atom. The summed E-state index contributed by atoms with van der Waals surface area (Å²) < 4.78 is 0. The Morgan fingerprint density at radius 1 is 1.23 bits per heavy atom. The van der Waals surface area contributed by atoms with E-state index in [1.165, 1.54) is 6.08 Å². The van der Waals surface area contributed by atoms with E-state index in [4.69, 9.17) is 0 Å². The Labute approximate surface area is 80.7 Å². The van der Waals surface area contributed by atoms with Crippen molar-refractivity contribution in [2.24, 2.45) is 0 Å². The fourth-order valence-electron chi connectivity index (χ4n) is 0.532. The molecule has 0 rings (SSSR count). The van der Waals surface area contributed by atoms with E-state index in [0.717, 1.165) is 18.4 Å². The largest absolute Gasteiger partial charge is 0.100 e. The van der Waals surface area contributed by atoms with Crippen LogP contribution in [0.3, 0.4) is 0 Å². The maximum atomic E-state index is 3.78. The molecule has 0 heterocycles. The van der Waals surface area contributed by atoms with Crippen LogP contribution in [0.4, 0.5) is 0 Å². The predicted octanol–water partition coefficient (Wildman–Crippen LogP) is 2.54. The predicted molar refractivity (Wildman–Crippen MR) is 57.6 cm³/mol. The van der Waals surface area contributed by atoms with Crippen LogP contribution in [0, 0.1) is 35.5 Å². The Balaban J connectivity index is 3.77. The first-order valence-corrected chi connectivity index (χ1v) is 4.01. The molecule has 0 N–H and O–H groups in total. The van der Waals surface area contributed by atoms with Crippen LogP contribution in [0.5, 0.6) is 0 Å². The molecule has 0 aromatic heterocycles. The summed E-state index contributed by atoms with van der Waals surface area (Å²) in [5.41, 5.74) is 1.15. The first kappa shape index (κ1) is 11.2. The van der Waals surface area contributed by atoms with Gasteiger partial charge in [0.1, 0.15) is 0 Å². The molecule has 0 fully saturated rings. The summed E-state index contributed by atoms with van der Waals surface area (Å²) in [6, 6.07) is 0. The summed E-state index contributed by atoms with van der Waals surface area (Å²) >= 11 is 0. The zero-order chi connectivity index (χ0) is 9.94. The molecule has 64 valence electrons. The van der Waals surface area contributed by atoms with Crippen molar-refractivity contribution in [3.8, 4) is 35.5 Å². The van der Waals surface area contributed by atoms with E-state index < -0.39 is 0 Å². The second-order valence-electron chi connectivity index (χ2n) is 2.48. The zero-order valence-electron chi connectivity index (χ0n) is 7.91. The van der Waals surface area contributed by atoms with Gasteiger partial charge in [0.15, 0.2) is 0 Å². The Bertz CT molecular complexity index is 350. The maximum absolute atomic E-state index is 3.78. The highest BCUT2D eigenvalue weighted by Crippen LogP contribution is 1.97. The zero-order valence-corrected chi connectivity index (χ0v) is 7.91. The van der Waals surface area contributed by atoms with Gasteiger partial charge < -0.3 is 0 Å². The molecular weight excluding hydrogens is 156 g/mol. The molecule has 0 heteroatoms. The van der Waals surface area contributed by atoms with Crippen molar-refractivity contribution in [2.75, 3.05) is 0 Å². The van der Waals surface area contributed by atoms with Gasteiger partial charge in [-0.3, -0.25) is 0 Å². The summed E-state index contributed by atoms with van der Waals surface area (Å²) in [5.74, 6) is 16.1. The van der Waals surface area contributed by atoms with E-state index >= 15 is 0 Å². The molecule has 0 aliphatic rings. The molecular formula is C13H12. The molecule has 0 amide bonds. The summed E-state index contributed by atoms with van der Waals surface area (Å²) in [5, 5.41) is 0. The van der Waals surface area contributed by atoms with Gasteiger partial charge in [-0.1, -0.05) is 24.0 Å². The summed E-state index contributed by atoms with van der Waals surface area (Å²) in [7, 11) is 0. The third kappa shape index (κ3) is 10.2. The molecule has 0 aliphatic heterocycles. The van der Waals surface area contributed by atoms with Crippen molar-refractivity contribution in [3.63, 3.8) is 0 Å². The van der Waals surface area contributed by atoms with Crippen LogP contribution in [0.25, 0.3) is 0 Å². The lowest BCUT2D eigenvalue weighted by Crippen LogP contribution is -1.70. The number of rotatable bonds is 2. The molecule has 0 saturated heterocycles. The standard InChI is InChI=1S/C13H12/c1-4-5-6-7-8-9-10-11-12-13(2)3/h4H,1-2,11-12H2,3H3. The van der Waals surface area contributed by atoms with Crippen molar-refractivity contribution < 1.29 is 0 Å². The summed E-state index contributed by atoms with van der Waals surface area (Å²) in [6.45, 7) is 9.21. The van der Waals surface area contributed by atoms with Gasteiger partial charge in [0.2, 0.25) is 0 Å². The van der Waals surface area contributed by atoms with Gasteiger partial charge in [-0.15, -0.1) is 6.58 Å². The van der Waals surface area contributed by atoms with Crippen LogP contribution >= 0.6 is 0 Å². The van der Waals surface area contributed by atoms with Crippen LogP contribution in [0.2, 0.25) is 0 Å². The van der Waals surface area contributed by atoms with Gasteiger partial charge in [-0.05, 0) is 43.1 Å². The maximum Gasteiger partial charge on any atom is 0.0136 e. The smallest absolute Gasteiger partial charge is 0.0136 e. The first-order chi connectivity index (χ1) is 6.27. The van der Waals surface area contributed by atoms with Gasteiger partial charge in [-0.2, -0.15) is 0 Å². The number of hydrogen-bond donors (Lipinski definition) is 0. The average molecular weight is 168 g/mol. The van der Waals surface area contributed by atoms with Gasteiger partial charge >= 0.3 is 0 Å². The van der Waals surface area contributed by atoms with Crippen LogP contribution in [0.1, 0.15) is 19.8 Å². The molecule has 0 nitrogen and oxygen atoms in total. The van der Waals surface area contributed by atoms with E-state index in [2.05, 4.69) is 48.7 Å². The van der Waals surface area contributed by atoms with Gasteiger partial charge in [0.05, 0.1) is 0 Å². The molecule has 0 radical (unpaired) electrons. The minimum atomic E-state index is 0.818. The van der Waals surface area contributed by atoms with Crippen molar-refractivity contribution in [3.05, 3.63) is 24.8 Å². The molecule has 0 aliphatic carbocycles. The number of hydrogen-bond acceptors (Lipinski definition) is 0. The third-order valence-corrected chi connectivity index (χ3v) is 1.13.